The van der Waals surface area contributed by atoms with Crippen LogP contribution in [0.15, 0.2) is 43.0 Å². The molecule has 0 bridgehead atoms. The van der Waals surface area contributed by atoms with Crippen molar-refractivity contribution in [1.29, 1.82) is 0 Å². The number of H-pyrrole nitrogens is 1. The Bertz CT molecular complexity index is 783. The number of methoxy groups -OCH3 is 1. The maximum Gasteiger partial charge on any atom is 0.271 e. The topological polar surface area (TPSA) is 79.9 Å². The second kappa shape index (κ2) is 6.26. The molecule has 1 amide bonds. The van der Waals surface area contributed by atoms with Crippen LogP contribution in [0.2, 0.25) is 0 Å². The third-order valence-electron chi connectivity index (χ3n) is 3.45. The number of ether oxygens (including phenoxy) is 1. The van der Waals surface area contributed by atoms with Crippen molar-refractivity contribution in [3.63, 3.8) is 0 Å². The highest BCUT2D eigenvalue weighted by molar-refractivity contribution is 5.92. The molecule has 1 aromatic carbocycles. The molecule has 2 N–H and O–H groups in total. The summed E-state index contributed by atoms with van der Waals surface area (Å²) in [6.45, 7) is 0.527. The summed E-state index contributed by atoms with van der Waals surface area (Å²) >= 11 is 0. The summed E-state index contributed by atoms with van der Waals surface area (Å²) < 4.78 is 5.25. The van der Waals surface area contributed by atoms with Gasteiger partial charge < -0.3 is 15.0 Å². The van der Waals surface area contributed by atoms with Gasteiger partial charge >= 0.3 is 0 Å². The maximum atomic E-state index is 11.9. The molecule has 0 saturated heterocycles. The molecule has 6 nitrogen and oxygen atoms in total. The number of aromatic nitrogens is 3. The van der Waals surface area contributed by atoms with Crippen LogP contribution in [0.3, 0.4) is 0 Å². The van der Waals surface area contributed by atoms with Crippen molar-refractivity contribution in [2.75, 3.05) is 13.7 Å². The summed E-state index contributed by atoms with van der Waals surface area (Å²) in [5.41, 5.74) is 2.51. The van der Waals surface area contributed by atoms with E-state index in [2.05, 4.69) is 20.3 Å². The molecular weight excluding hydrogens is 280 g/mol. The van der Waals surface area contributed by atoms with Crippen LogP contribution in [-0.2, 0) is 6.42 Å². The number of nitrogens with zero attached hydrogens (tertiary/aromatic N) is 2. The molecule has 0 aliphatic carbocycles. The third kappa shape index (κ3) is 2.90. The number of aromatic amines is 1. The highest BCUT2D eigenvalue weighted by Gasteiger charge is 2.08. The first kappa shape index (κ1) is 14.1. The van der Waals surface area contributed by atoms with E-state index in [0.29, 0.717) is 12.2 Å². The minimum absolute atomic E-state index is 0.217. The molecule has 0 radical (unpaired) electrons. The number of amides is 1. The van der Waals surface area contributed by atoms with E-state index in [-0.39, 0.29) is 5.91 Å². The molecule has 0 saturated carbocycles. The largest absolute Gasteiger partial charge is 0.497 e. The average molecular weight is 296 g/mol. The van der Waals surface area contributed by atoms with Crippen LogP contribution in [-0.4, -0.2) is 34.5 Å². The Hall–Kier alpha value is -2.89. The fourth-order valence-electron chi connectivity index (χ4n) is 2.31. The number of carbonyl (C=O) groups is 1. The van der Waals surface area contributed by atoms with Gasteiger partial charge in [0, 0.05) is 36.0 Å². The van der Waals surface area contributed by atoms with Crippen LogP contribution < -0.4 is 10.1 Å². The van der Waals surface area contributed by atoms with Crippen LogP contribution in [0.1, 0.15) is 16.1 Å². The zero-order valence-corrected chi connectivity index (χ0v) is 12.2. The van der Waals surface area contributed by atoms with Crippen molar-refractivity contribution in [3.05, 3.63) is 54.2 Å². The van der Waals surface area contributed by atoms with E-state index in [1.54, 1.807) is 7.11 Å². The summed E-state index contributed by atoms with van der Waals surface area (Å²) in [6.07, 6.45) is 7.17. The minimum Gasteiger partial charge on any atom is -0.497 e. The summed E-state index contributed by atoms with van der Waals surface area (Å²) in [7, 11) is 1.65. The molecule has 0 atom stereocenters. The van der Waals surface area contributed by atoms with E-state index in [9.17, 15) is 4.79 Å². The fourth-order valence-corrected chi connectivity index (χ4v) is 2.31. The number of carbonyl (C=O) groups excluding carboxylic acids is 1. The first-order valence-electron chi connectivity index (χ1n) is 6.96. The number of hydrogen-bond acceptors (Lipinski definition) is 4. The molecule has 2 aromatic heterocycles. The van der Waals surface area contributed by atoms with Gasteiger partial charge in [0.1, 0.15) is 11.4 Å². The quantitative estimate of drug-likeness (QED) is 0.754. The van der Waals surface area contributed by atoms with Gasteiger partial charge in [0.05, 0.1) is 13.3 Å². The first-order valence-corrected chi connectivity index (χ1v) is 6.96. The van der Waals surface area contributed by atoms with Crippen LogP contribution in [0.5, 0.6) is 5.75 Å². The van der Waals surface area contributed by atoms with E-state index in [1.165, 1.54) is 18.6 Å². The van der Waals surface area contributed by atoms with Crippen molar-refractivity contribution < 1.29 is 9.53 Å². The average Bonchev–Trinajstić information content (AvgIpc) is 2.98. The molecule has 0 aliphatic heterocycles. The Morgan fingerprint density at radius 2 is 2.27 bits per heavy atom. The zero-order valence-electron chi connectivity index (χ0n) is 12.2. The van der Waals surface area contributed by atoms with Crippen molar-refractivity contribution >= 4 is 16.8 Å². The lowest BCUT2D eigenvalue weighted by molar-refractivity contribution is 0.0949. The predicted molar refractivity (Wildman–Crippen MR) is 82.9 cm³/mol. The second-order valence-electron chi connectivity index (χ2n) is 4.82. The van der Waals surface area contributed by atoms with Gasteiger partial charge in [-0.15, -0.1) is 0 Å². The summed E-state index contributed by atoms with van der Waals surface area (Å²) in [5.74, 6) is 0.600. The molecule has 3 aromatic rings. The number of rotatable bonds is 5. The van der Waals surface area contributed by atoms with Crippen molar-refractivity contribution in [3.8, 4) is 5.75 Å². The standard InChI is InChI=1S/C16H16N4O2/c1-22-12-2-3-14-13(8-12)11(9-20-14)4-5-19-16(21)15-10-17-6-7-18-15/h2-3,6-10,20H,4-5H2,1H3,(H,19,21). The number of hydrogen-bond donors (Lipinski definition) is 2. The third-order valence-corrected chi connectivity index (χ3v) is 3.45. The van der Waals surface area contributed by atoms with E-state index >= 15 is 0 Å². The molecule has 0 unspecified atom stereocenters. The lowest BCUT2D eigenvalue weighted by atomic mass is 10.1. The molecule has 0 aliphatic rings. The molecule has 2 heterocycles. The van der Waals surface area contributed by atoms with Gasteiger partial charge in [-0.3, -0.25) is 9.78 Å². The van der Waals surface area contributed by atoms with Gasteiger partial charge in [-0.1, -0.05) is 0 Å². The number of nitrogens with one attached hydrogen (secondary N) is 2. The molecule has 112 valence electrons. The summed E-state index contributed by atoms with van der Waals surface area (Å²) in [4.78, 5) is 23.0. The van der Waals surface area contributed by atoms with E-state index in [0.717, 1.165) is 28.6 Å². The van der Waals surface area contributed by atoms with E-state index in [4.69, 9.17) is 4.74 Å². The van der Waals surface area contributed by atoms with Crippen molar-refractivity contribution in [1.82, 2.24) is 20.3 Å². The highest BCUT2D eigenvalue weighted by atomic mass is 16.5. The van der Waals surface area contributed by atoms with Crippen LogP contribution in [0.4, 0.5) is 0 Å². The van der Waals surface area contributed by atoms with Gasteiger partial charge in [-0.25, -0.2) is 4.98 Å². The summed E-state index contributed by atoms with van der Waals surface area (Å²) in [6, 6.07) is 5.89. The monoisotopic (exact) mass is 296 g/mol. The first-order chi connectivity index (χ1) is 10.8. The Morgan fingerprint density at radius 3 is 3.05 bits per heavy atom. The van der Waals surface area contributed by atoms with E-state index < -0.39 is 0 Å². The van der Waals surface area contributed by atoms with Gasteiger partial charge in [0.2, 0.25) is 0 Å². The van der Waals surface area contributed by atoms with Gasteiger partial charge in [0.15, 0.2) is 0 Å². The highest BCUT2D eigenvalue weighted by Crippen LogP contribution is 2.23. The fraction of sp³-hybridized carbons (Fsp3) is 0.188. The Balaban J connectivity index is 1.65. The molecule has 3 rings (SSSR count). The van der Waals surface area contributed by atoms with Gasteiger partial charge in [-0.2, -0.15) is 0 Å². The minimum atomic E-state index is -0.217. The van der Waals surface area contributed by atoms with Crippen molar-refractivity contribution in [2.24, 2.45) is 0 Å². The van der Waals surface area contributed by atoms with Gasteiger partial charge in [0.25, 0.3) is 5.91 Å². The van der Waals surface area contributed by atoms with Crippen molar-refractivity contribution in [2.45, 2.75) is 6.42 Å². The molecular formula is C16H16N4O2. The SMILES string of the molecule is COc1ccc2[nH]cc(CCNC(=O)c3cnccn3)c2c1. The Kier molecular flexibility index (Phi) is 4.00. The molecule has 0 fully saturated rings. The predicted octanol–water partition coefficient (Wildman–Crippen LogP) is 1.94. The van der Waals surface area contributed by atoms with Crippen LogP contribution in [0.25, 0.3) is 10.9 Å². The normalized spacial score (nSPS) is 10.6. The number of fused-ring (bicyclic) bond motifs is 1. The smallest absolute Gasteiger partial charge is 0.271 e. The molecule has 6 heteroatoms. The maximum absolute atomic E-state index is 11.9. The van der Waals surface area contributed by atoms with Gasteiger partial charge in [-0.05, 0) is 30.2 Å². The van der Waals surface area contributed by atoms with Crippen LogP contribution in [0, 0.1) is 0 Å². The zero-order chi connectivity index (χ0) is 15.4. The van der Waals surface area contributed by atoms with Crippen LogP contribution >= 0.6 is 0 Å². The Morgan fingerprint density at radius 1 is 1.36 bits per heavy atom. The Labute approximate surface area is 127 Å². The lowest BCUT2D eigenvalue weighted by Gasteiger charge is -2.04. The molecule has 0 spiro atoms. The van der Waals surface area contributed by atoms with E-state index in [1.807, 2.05) is 24.4 Å². The second-order valence-corrected chi connectivity index (χ2v) is 4.82. The molecule has 22 heavy (non-hydrogen) atoms. The number of benzene rings is 1. The lowest BCUT2D eigenvalue weighted by Crippen LogP contribution is -2.26. The summed E-state index contributed by atoms with van der Waals surface area (Å²) in [5, 5.41) is 3.95.